The SMILES string of the molecule is CC1OC2C=C(OC3=CC4OC(C)C4(C=O)C=C3)C=CC12C=O. The van der Waals surface area contributed by atoms with E-state index in [1.54, 1.807) is 12.2 Å². The van der Waals surface area contributed by atoms with E-state index in [0.717, 1.165) is 12.6 Å². The minimum atomic E-state index is -0.567. The van der Waals surface area contributed by atoms with Gasteiger partial charge in [0.2, 0.25) is 0 Å². The third kappa shape index (κ3) is 1.80. The van der Waals surface area contributed by atoms with Gasteiger partial charge in [-0.3, -0.25) is 0 Å². The molecule has 0 saturated carbocycles. The molecule has 2 fully saturated rings. The van der Waals surface area contributed by atoms with Gasteiger partial charge >= 0.3 is 0 Å². The number of rotatable bonds is 4. The Morgan fingerprint density at radius 1 is 0.913 bits per heavy atom. The summed E-state index contributed by atoms with van der Waals surface area (Å²) in [5.74, 6) is 1.25. The fraction of sp³-hybridized carbons (Fsp3) is 0.444. The Kier molecular flexibility index (Phi) is 3.02. The van der Waals surface area contributed by atoms with Crippen molar-refractivity contribution in [1.82, 2.24) is 0 Å². The minimum Gasteiger partial charge on any atom is -0.458 e. The van der Waals surface area contributed by atoms with E-state index < -0.39 is 10.8 Å². The summed E-state index contributed by atoms with van der Waals surface area (Å²) in [6, 6.07) is 0. The molecule has 0 aromatic heterocycles. The molecule has 4 rings (SSSR count). The molecule has 6 unspecified atom stereocenters. The molecule has 4 aliphatic rings. The second-order valence-corrected chi connectivity index (χ2v) is 6.54. The first kappa shape index (κ1) is 14.6. The second kappa shape index (κ2) is 4.76. The molecule has 2 aliphatic carbocycles. The summed E-state index contributed by atoms with van der Waals surface area (Å²) in [7, 11) is 0. The summed E-state index contributed by atoms with van der Waals surface area (Å²) < 4.78 is 17.1. The predicted octanol–water partition coefficient (Wildman–Crippen LogP) is 1.86. The molecule has 6 atom stereocenters. The van der Waals surface area contributed by atoms with Crippen LogP contribution >= 0.6 is 0 Å². The lowest BCUT2D eigenvalue weighted by molar-refractivity contribution is -0.191. The van der Waals surface area contributed by atoms with Crippen LogP contribution in [0.25, 0.3) is 0 Å². The smallest absolute Gasteiger partial charge is 0.135 e. The zero-order chi connectivity index (χ0) is 16.2. The van der Waals surface area contributed by atoms with Crippen molar-refractivity contribution in [2.75, 3.05) is 0 Å². The van der Waals surface area contributed by atoms with Gasteiger partial charge in [-0.25, -0.2) is 0 Å². The Labute approximate surface area is 134 Å². The first-order valence-corrected chi connectivity index (χ1v) is 7.77. The fourth-order valence-corrected chi connectivity index (χ4v) is 3.60. The number of hydrogen-bond donors (Lipinski definition) is 0. The average Bonchev–Trinajstić information content (AvgIpc) is 2.54. The number of hydrogen-bond acceptors (Lipinski definition) is 5. The van der Waals surface area contributed by atoms with E-state index in [1.165, 1.54) is 0 Å². The maximum Gasteiger partial charge on any atom is 0.135 e. The quantitative estimate of drug-likeness (QED) is 0.741. The van der Waals surface area contributed by atoms with Crippen molar-refractivity contribution < 1.29 is 23.8 Å². The van der Waals surface area contributed by atoms with Crippen molar-refractivity contribution in [3.8, 4) is 0 Å². The number of ether oxygens (including phenoxy) is 3. The van der Waals surface area contributed by atoms with Gasteiger partial charge in [0.05, 0.1) is 24.4 Å². The maximum atomic E-state index is 11.4. The Bertz CT molecular complexity index is 630. The normalized spacial score (nSPS) is 46.3. The summed E-state index contributed by atoms with van der Waals surface area (Å²) in [6.07, 6.45) is 12.0. The van der Waals surface area contributed by atoms with Crippen molar-refractivity contribution in [3.05, 3.63) is 48.0 Å². The van der Waals surface area contributed by atoms with Gasteiger partial charge in [-0.2, -0.15) is 0 Å². The standard InChI is InChI=1S/C18H18O5/c1-11-17(9-19)5-3-13(7-15(17)21-11)23-14-4-6-18(10-20)12(2)22-16(18)8-14/h3-12,15-16H,1-2H3. The molecular formula is C18H18O5. The van der Waals surface area contributed by atoms with Crippen molar-refractivity contribution in [2.45, 2.75) is 38.3 Å². The van der Waals surface area contributed by atoms with Crippen LogP contribution in [-0.4, -0.2) is 37.0 Å². The van der Waals surface area contributed by atoms with E-state index in [9.17, 15) is 9.59 Å². The highest BCUT2D eigenvalue weighted by Crippen LogP contribution is 2.47. The van der Waals surface area contributed by atoms with Gasteiger partial charge in [-0.1, -0.05) is 12.2 Å². The monoisotopic (exact) mass is 314 g/mol. The number of carbonyl (C=O) groups is 2. The number of aldehydes is 2. The Morgan fingerprint density at radius 2 is 1.35 bits per heavy atom. The molecule has 5 heteroatoms. The predicted molar refractivity (Wildman–Crippen MR) is 81.2 cm³/mol. The Morgan fingerprint density at radius 3 is 1.65 bits per heavy atom. The van der Waals surface area contributed by atoms with Crippen molar-refractivity contribution >= 4 is 12.6 Å². The lowest BCUT2D eigenvalue weighted by Gasteiger charge is -2.50. The third-order valence-corrected chi connectivity index (χ3v) is 5.44. The van der Waals surface area contributed by atoms with Gasteiger partial charge in [0, 0.05) is 0 Å². The first-order valence-electron chi connectivity index (χ1n) is 7.77. The van der Waals surface area contributed by atoms with E-state index in [2.05, 4.69) is 0 Å². The molecular weight excluding hydrogens is 296 g/mol. The zero-order valence-electron chi connectivity index (χ0n) is 13.0. The van der Waals surface area contributed by atoms with Gasteiger partial charge < -0.3 is 23.8 Å². The van der Waals surface area contributed by atoms with Crippen LogP contribution in [0.15, 0.2) is 48.0 Å². The highest BCUT2D eigenvalue weighted by atomic mass is 16.5. The fourth-order valence-electron chi connectivity index (χ4n) is 3.60. The third-order valence-electron chi connectivity index (χ3n) is 5.44. The van der Waals surface area contributed by atoms with Crippen molar-refractivity contribution in [2.24, 2.45) is 10.8 Å². The molecule has 0 amide bonds. The summed E-state index contributed by atoms with van der Waals surface area (Å²) in [5, 5.41) is 0. The lowest BCUT2D eigenvalue weighted by atomic mass is 9.71. The number of allylic oxidation sites excluding steroid dienone is 2. The van der Waals surface area contributed by atoms with Crippen molar-refractivity contribution in [3.63, 3.8) is 0 Å². The van der Waals surface area contributed by atoms with E-state index in [4.69, 9.17) is 14.2 Å². The van der Waals surface area contributed by atoms with Gasteiger partial charge in [0.25, 0.3) is 0 Å². The lowest BCUT2D eigenvalue weighted by Crippen LogP contribution is -2.58. The molecule has 2 aliphatic heterocycles. The minimum absolute atomic E-state index is 0.120. The molecule has 23 heavy (non-hydrogen) atoms. The maximum absolute atomic E-state index is 11.4. The highest BCUT2D eigenvalue weighted by molar-refractivity contribution is 5.70. The molecule has 5 nitrogen and oxygen atoms in total. The number of fused-ring (bicyclic) bond motifs is 2. The first-order chi connectivity index (χ1) is 11.0. The van der Waals surface area contributed by atoms with E-state index in [-0.39, 0.29) is 24.4 Å². The summed E-state index contributed by atoms with van der Waals surface area (Å²) in [4.78, 5) is 22.7. The van der Waals surface area contributed by atoms with Crippen LogP contribution in [0.3, 0.4) is 0 Å². The van der Waals surface area contributed by atoms with Crippen molar-refractivity contribution in [1.29, 1.82) is 0 Å². The van der Waals surface area contributed by atoms with Crippen LogP contribution in [0.1, 0.15) is 13.8 Å². The molecule has 0 N–H and O–H groups in total. The van der Waals surface area contributed by atoms with Crippen LogP contribution < -0.4 is 0 Å². The van der Waals surface area contributed by atoms with Gasteiger partial charge in [0.1, 0.15) is 34.9 Å². The average molecular weight is 314 g/mol. The molecule has 120 valence electrons. The van der Waals surface area contributed by atoms with E-state index in [1.807, 2.05) is 38.2 Å². The van der Waals surface area contributed by atoms with Crippen LogP contribution in [0.4, 0.5) is 0 Å². The molecule has 0 aromatic rings. The highest BCUT2D eigenvalue weighted by Gasteiger charge is 2.55. The molecule has 0 radical (unpaired) electrons. The van der Waals surface area contributed by atoms with E-state index >= 15 is 0 Å². The molecule has 2 saturated heterocycles. The molecule has 0 bridgehead atoms. The van der Waals surface area contributed by atoms with Crippen LogP contribution in [0.5, 0.6) is 0 Å². The Hall–Kier alpha value is -1.98. The van der Waals surface area contributed by atoms with Gasteiger partial charge in [-0.15, -0.1) is 0 Å². The largest absolute Gasteiger partial charge is 0.458 e. The summed E-state index contributed by atoms with van der Waals surface area (Å²) >= 11 is 0. The summed E-state index contributed by atoms with van der Waals surface area (Å²) in [5.41, 5.74) is -1.13. The van der Waals surface area contributed by atoms with Crippen LogP contribution in [0.2, 0.25) is 0 Å². The molecule has 2 heterocycles. The Balaban J connectivity index is 1.49. The topological polar surface area (TPSA) is 61.8 Å². The zero-order valence-corrected chi connectivity index (χ0v) is 13.0. The van der Waals surface area contributed by atoms with Crippen LogP contribution in [0, 0.1) is 10.8 Å². The van der Waals surface area contributed by atoms with E-state index in [0.29, 0.717) is 11.5 Å². The second-order valence-electron chi connectivity index (χ2n) is 6.54. The summed E-state index contributed by atoms with van der Waals surface area (Å²) in [6.45, 7) is 3.77. The van der Waals surface area contributed by atoms with Gasteiger partial charge in [0.15, 0.2) is 0 Å². The molecule has 0 aromatic carbocycles. The van der Waals surface area contributed by atoms with Gasteiger partial charge in [-0.05, 0) is 38.2 Å². The number of carbonyl (C=O) groups excluding carboxylic acids is 2. The van der Waals surface area contributed by atoms with Crippen LogP contribution in [-0.2, 0) is 23.8 Å². The molecule has 0 spiro atoms.